The average molecular weight is 282 g/mol. The average Bonchev–Trinajstić information content (AvgIpc) is 2.83. The van der Waals surface area contributed by atoms with Gasteiger partial charge in [-0.15, -0.1) is 0 Å². The van der Waals surface area contributed by atoms with Crippen LogP contribution in [0.4, 0.5) is 4.79 Å². The first-order valence-corrected chi connectivity index (χ1v) is 7.83. The van der Waals surface area contributed by atoms with Crippen molar-refractivity contribution in [1.82, 2.24) is 10.6 Å². The van der Waals surface area contributed by atoms with Crippen LogP contribution < -0.4 is 10.6 Å². The van der Waals surface area contributed by atoms with Gasteiger partial charge in [-0.2, -0.15) is 0 Å². The molecule has 20 heavy (non-hydrogen) atoms. The van der Waals surface area contributed by atoms with E-state index in [1.54, 1.807) is 0 Å². The fraction of sp³-hybridized carbons (Fsp3) is 0.867. The fourth-order valence-electron chi connectivity index (χ4n) is 3.57. The maximum Gasteiger partial charge on any atom is 0.315 e. The number of aliphatic carboxylic acids is 1. The second-order valence-corrected chi connectivity index (χ2v) is 6.47. The van der Waals surface area contributed by atoms with Crippen LogP contribution in [0.1, 0.15) is 51.9 Å². The third kappa shape index (κ3) is 4.12. The van der Waals surface area contributed by atoms with Gasteiger partial charge in [-0.1, -0.05) is 26.2 Å². The molecule has 0 aromatic carbocycles. The number of amides is 2. The Morgan fingerprint density at radius 1 is 1.15 bits per heavy atom. The van der Waals surface area contributed by atoms with E-state index in [1.165, 1.54) is 19.3 Å². The monoisotopic (exact) mass is 282 g/mol. The molecule has 0 heterocycles. The van der Waals surface area contributed by atoms with Crippen LogP contribution in [0.3, 0.4) is 0 Å². The van der Waals surface area contributed by atoms with Crippen LogP contribution in [0.2, 0.25) is 0 Å². The lowest BCUT2D eigenvalue weighted by Gasteiger charge is -2.29. The number of hydrogen-bond acceptors (Lipinski definition) is 2. The van der Waals surface area contributed by atoms with Gasteiger partial charge in [0.15, 0.2) is 0 Å². The van der Waals surface area contributed by atoms with Crippen molar-refractivity contribution < 1.29 is 14.7 Å². The number of carbonyl (C=O) groups is 2. The second-order valence-electron chi connectivity index (χ2n) is 6.47. The molecule has 2 fully saturated rings. The van der Waals surface area contributed by atoms with Crippen molar-refractivity contribution >= 4 is 12.0 Å². The Hall–Kier alpha value is -1.26. The highest BCUT2D eigenvalue weighted by Crippen LogP contribution is 2.29. The van der Waals surface area contributed by atoms with Crippen molar-refractivity contribution in [1.29, 1.82) is 0 Å². The van der Waals surface area contributed by atoms with Gasteiger partial charge in [0, 0.05) is 12.6 Å². The number of carboxylic acid groups (broad SMARTS) is 1. The van der Waals surface area contributed by atoms with Crippen molar-refractivity contribution in [2.75, 3.05) is 6.54 Å². The Labute approximate surface area is 120 Å². The van der Waals surface area contributed by atoms with Crippen LogP contribution in [0.5, 0.6) is 0 Å². The van der Waals surface area contributed by atoms with Gasteiger partial charge in [-0.25, -0.2) is 4.79 Å². The summed E-state index contributed by atoms with van der Waals surface area (Å²) in [5, 5.41) is 14.9. The van der Waals surface area contributed by atoms with E-state index in [9.17, 15) is 14.7 Å². The van der Waals surface area contributed by atoms with Gasteiger partial charge < -0.3 is 15.7 Å². The zero-order valence-corrected chi connectivity index (χ0v) is 12.2. The first kappa shape index (κ1) is 15.1. The van der Waals surface area contributed by atoms with E-state index in [2.05, 4.69) is 17.6 Å². The molecule has 2 rings (SSSR count). The SMILES string of the molecule is CC1CCC(CNC(=O)NC2CCCCC2C(=O)O)C1. The predicted molar refractivity (Wildman–Crippen MR) is 76.4 cm³/mol. The van der Waals surface area contributed by atoms with E-state index in [-0.39, 0.29) is 12.1 Å². The number of carboxylic acids is 1. The Balaban J connectivity index is 1.74. The van der Waals surface area contributed by atoms with E-state index in [0.717, 1.165) is 25.2 Å². The maximum atomic E-state index is 11.9. The molecule has 2 aliphatic rings. The molecule has 0 aliphatic heterocycles. The largest absolute Gasteiger partial charge is 0.481 e. The molecule has 0 aromatic heterocycles. The van der Waals surface area contributed by atoms with Crippen LogP contribution in [0.15, 0.2) is 0 Å². The van der Waals surface area contributed by atoms with Crippen molar-refractivity contribution in [3.63, 3.8) is 0 Å². The van der Waals surface area contributed by atoms with Crippen LogP contribution in [0, 0.1) is 17.8 Å². The normalized spacial score (nSPS) is 33.6. The fourth-order valence-corrected chi connectivity index (χ4v) is 3.57. The third-order valence-corrected chi connectivity index (χ3v) is 4.75. The molecule has 114 valence electrons. The Morgan fingerprint density at radius 2 is 1.90 bits per heavy atom. The van der Waals surface area contributed by atoms with Gasteiger partial charge in [-0.3, -0.25) is 4.79 Å². The molecule has 0 aromatic rings. The lowest BCUT2D eigenvalue weighted by molar-refractivity contribution is -0.143. The first-order chi connectivity index (χ1) is 9.56. The summed E-state index contributed by atoms with van der Waals surface area (Å²) in [6.45, 7) is 2.96. The molecular formula is C15H26N2O3. The Kier molecular flexibility index (Phi) is 5.26. The molecule has 4 atom stereocenters. The van der Waals surface area contributed by atoms with Gasteiger partial charge in [0.1, 0.15) is 0 Å². The third-order valence-electron chi connectivity index (χ3n) is 4.75. The summed E-state index contributed by atoms with van der Waals surface area (Å²) in [5.74, 6) is 0.123. The van der Waals surface area contributed by atoms with Gasteiger partial charge in [-0.05, 0) is 37.5 Å². The smallest absolute Gasteiger partial charge is 0.315 e. The number of carbonyl (C=O) groups excluding carboxylic acids is 1. The molecule has 2 amide bonds. The molecular weight excluding hydrogens is 256 g/mol. The highest BCUT2D eigenvalue weighted by Gasteiger charge is 2.32. The van der Waals surface area contributed by atoms with E-state index < -0.39 is 11.9 Å². The van der Waals surface area contributed by atoms with Crippen molar-refractivity contribution in [3.05, 3.63) is 0 Å². The summed E-state index contributed by atoms with van der Waals surface area (Å²) in [5.41, 5.74) is 0. The van der Waals surface area contributed by atoms with Crippen LogP contribution >= 0.6 is 0 Å². The van der Waals surface area contributed by atoms with Crippen LogP contribution in [-0.4, -0.2) is 29.7 Å². The molecule has 2 aliphatic carbocycles. The molecule has 3 N–H and O–H groups in total. The van der Waals surface area contributed by atoms with Gasteiger partial charge in [0.25, 0.3) is 0 Å². The maximum absolute atomic E-state index is 11.9. The Bertz CT molecular complexity index is 359. The summed E-state index contributed by atoms with van der Waals surface area (Å²) < 4.78 is 0. The molecule has 4 unspecified atom stereocenters. The molecule has 0 bridgehead atoms. The lowest BCUT2D eigenvalue weighted by atomic mass is 9.84. The molecule has 5 nitrogen and oxygen atoms in total. The number of urea groups is 1. The lowest BCUT2D eigenvalue weighted by Crippen LogP contribution is -2.49. The number of nitrogens with one attached hydrogen (secondary N) is 2. The Morgan fingerprint density at radius 3 is 2.55 bits per heavy atom. The molecule has 2 saturated carbocycles. The van der Waals surface area contributed by atoms with E-state index in [4.69, 9.17) is 0 Å². The minimum absolute atomic E-state index is 0.206. The first-order valence-electron chi connectivity index (χ1n) is 7.83. The van der Waals surface area contributed by atoms with Crippen molar-refractivity contribution in [2.45, 2.75) is 57.9 Å². The summed E-state index contributed by atoms with van der Waals surface area (Å²) in [6.07, 6.45) is 6.98. The molecule has 0 saturated heterocycles. The summed E-state index contributed by atoms with van der Waals surface area (Å²) in [6, 6.07) is -0.425. The standard InChI is InChI=1S/C15H26N2O3/c1-10-6-7-11(8-10)9-16-15(20)17-13-5-3-2-4-12(13)14(18)19/h10-13H,2-9H2,1H3,(H,18,19)(H2,16,17,20). The minimum atomic E-state index is -0.792. The van der Waals surface area contributed by atoms with Gasteiger partial charge >= 0.3 is 12.0 Å². The van der Waals surface area contributed by atoms with E-state index in [0.29, 0.717) is 18.9 Å². The zero-order valence-electron chi connectivity index (χ0n) is 12.2. The van der Waals surface area contributed by atoms with Crippen LogP contribution in [-0.2, 0) is 4.79 Å². The highest BCUT2D eigenvalue weighted by molar-refractivity contribution is 5.76. The van der Waals surface area contributed by atoms with Gasteiger partial charge in [0.05, 0.1) is 5.92 Å². The highest BCUT2D eigenvalue weighted by atomic mass is 16.4. The molecule has 5 heteroatoms. The molecule has 0 spiro atoms. The van der Waals surface area contributed by atoms with Gasteiger partial charge in [0.2, 0.25) is 0 Å². The minimum Gasteiger partial charge on any atom is -0.481 e. The molecule has 0 radical (unpaired) electrons. The number of rotatable bonds is 4. The van der Waals surface area contributed by atoms with Crippen LogP contribution in [0.25, 0.3) is 0 Å². The van der Waals surface area contributed by atoms with E-state index >= 15 is 0 Å². The predicted octanol–water partition coefficient (Wildman–Crippen LogP) is 2.37. The number of hydrogen-bond donors (Lipinski definition) is 3. The summed E-state index contributed by atoms with van der Waals surface area (Å²) in [7, 11) is 0. The summed E-state index contributed by atoms with van der Waals surface area (Å²) >= 11 is 0. The topological polar surface area (TPSA) is 78.4 Å². The summed E-state index contributed by atoms with van der Waals surface area (Å²) in [4.78, 5) is 23.1. The second kappa shape index (κ2) is 6.95. The van der Waals surface area contributed by atoms with E-state index in [1.807, 2.05) is 0 Å². The van der Waals surface area contributed by atoms with Crippen molar-refractivity contribution in [3.8, 4) is 0 Å². The zero-order chi connectivity index (χ0) is 14.5. The van der Waals surface area contributed by atoms with Crippen molar-refractivity contribution in [2.24, 2.45) is 17.8 Å². The quantitative estimate of drug-likeness (QED) is 0.740.